The fraction of sp³-hybridized carbons (Fsp3) is 0.538. The molecule has 1 fully saturated rings. The molecule has 0 spiro atoms. The largest absolute Gasteiger partial charge is 0.298 e. The van der Waals surface area contributed by atoms with Crippen molar-refractivity contribution in [2.45, 2.75) is 25.8 Å². The number of aryl methyl sites for hydroxylation is 2. The van der Waals surface area contributed by atoms with Gasteiger partial charge >= 0.3 is 0 Å². The summed E-state index contributed by atoms with van der Waals surface area (Å²) < 4.78 is 1.90. The van der Waals surface area contributed by atoms with E-state index in [0.29, 0.717) is 5.92 Å². The summed E-state index contributed by atoms with van der Waals surface area (Å²) in [6.07, 6.45) is 5.17. The molecule has 0 bridgehead atoms. The molecule has 0 radical (unpaired) electrons. The number of nitrogens with one attached hydrogen (secondary N) is 1. The predicted molar refractivity (Wildman–Crippen MR) is 69.2 cm³/mol. The highest BCUT2D eigenvalue weighted by molar-refractivity contribution is 5.16. The van der Waals surface area contributed by atoms with Crippen molar-refractivity contribution in [1.82, 2.24) is 24.9 Å². The van der Waals surface area contributed by atoms with Gasteiger partial charge in [-0.1, -0.05) is 0 Å². The van der Waals surface area contributed by atoms with Crippen LogP contribution in [0.1, 0.15) is 29.3 Å². The second-order valence-corrected chi connectivity index (χ2v) is 5.15. The predicted octanol–water partition coefficient (Wildman–Crippen LogP) is 1.44. The van der Waals surface area contributed by atoms with E-state index in [1.165, 1.54) is 17.7 Å². The van der Waals surface area contributed by atoms with E-state index in [4.69, 9.17) is 0 Å². The molecule has 0 aromatic carbocycles. The molecular weight excluding hydrogens is 226 g/mol. The summed E-state index contributed by atoms with van der Waals surface area (Å²) in [4.78, 5) is 2.50. The summed E-state index contributed by atoms with van der Waals surface area (Å²) in [7, 11) is 1.98. The van der Waals surface area contributed by atoms with Gasteiger partial charge in [0.25, 0.3) is 0 Å². The summed E-state index contributed by atoms with van der Waals surface area (Å²) in [5.41, 5.74) is 3.74. The van der Waals surface area contributed by atoms with Gasteiger partial charge in [0.1, 0.15) is 0 Å². The van der Waals surface area contributed by atoms with Crippen LogP contribution in [0.3, 0.4) is 0 Å². The van der Waals surface area contributed by atoms with Crippen LogP contribution in [0.5, 0.6) is 0 Å². The normalized spacial score (nSPS) is 20.7. The second kappa shape index (κ2) is 4.57. The third-order valence-corrected chi connectivity index (χ3v) is 3.74. The maximum atomic E-state index is 4.40. The van der Waals surface area contributed by atoms with Crippen LogP contribution in [0, 0.1) is 6.92 Å². The van der Waals surface area contributed by atoms with Gasteiger partial charge in [-0.05, 0) is 26.0 Å². The van der Waals surface area contributed by atoms with Gasteiger partial charge < -0.3 is 0 Å². The van der Waals surface area contributed by atoms with E-state index >= 15 is 0 Å². The van der Waals surface area contributed by atoms with E-state index < -0.39 is 0 Å². The number of likely N-dealkylation sites (tertiary alicyclic amines) is 1. The van der Waals surface area contributed by atoms with Gasteiger partial charge in [0, 0.05) is 49.7 Å². The van der Waals surface area contributed by atoms with E-state index in [9.17, 15) is 0 Å². The zero-order valence-corrected chi connectivity index (χ0v) is 10.9. The SMILES string of the molecule is Cc1nn(C)cc1CN1CC[C@@H](c2ccn[nH]2)C1. The molecule has 18 heavy (non-hydrogen) atoms. The molecule has 1 aliphatic rings. The fourth-order valence-corrected chi connectivity index (χ4v) is 2.77. The first kappa shape index (κ1) is 11.5. The van der Waals surface area contributed by atoms with Crippen molar-refractivity contribution in [3.05, 3.63) is 35.4 Å². The molecule has 2 aromatic heterocycles. The zero-order chi connectivity index (χ0) is 12.5. The molecule has 3 heterocycles. The smallest absolute Gasteiger partial charge is 0.0638 e. The molecule has 1 atom stereocenters. The van der Waals surface area contributed by atoms with Crippen LogP contribution in [0.2, 0.25) is 0 Å². The molecule has 5 heteroatoms. The summed E-state index contributed by atoms with van der Waals surface area (Å²) >= 11 is 0. The first-order valence-corrected chi connectivity index (χ1v) is 6.43. The number of H-pyrrole nitrogens is 1. The third-order valence-electron chi connectivity index (χ3n) is 3.74. The molecule has 3 rings (SSSR count). The lowest BCUT2D eigenvalue weighted by molar-refractivity contribution is 0.325. The molecule has 1 N–H and O–H groups in total. The number of aromatic nitrogens is 4. The second-order valence-electron chi connectivity index (χ2n) is 5.15. The van der Waals surface area contributed by atoms with Crippen molar-refractivity contribution in [3.8, 4) is 0 Å². The van der Waals surface area contributed by atoms with E-state index in [0.717, 1.165) is 25.3 Å². The van der Waals surface area contributed by atoms with Crippen molar-refractivity contribution in [2.24, 2.45) is 7.05 Å². The Kier molecular flexibility index (Phi) is 2.91. The Morgan fingerprint density at radius 3 is 3.06 bits per heavy atom. The molecule has 5 nitrogen and oxygen atoms in total. The number of nitrogens with zero attached hydrogens (tertiary/aromatic N) is 4. The first-order valence-electron chi connectivity index (χ1n) is 6.43. The van der Waals surface area contributed by atoms with Gasteiger partial charge in [0.2, 0.25) is 0 Å². The Morgan fingerprint density at radius 1 is 1.50 bits per heavy atom. The van der Waals surface area contributed by atoms with Crippen LogP contribution >= 0.6 is 0 Å². The maximum absolute atomic E-state index is 4.40. The molecule has 1 aliphatic heterocycles. The lowest BCUT2D eigenvalue weighted by Crippen LogP contribution is -2.20. The van der Waals surface area contributed by atoms with Crippen LogP contribution in [-0.2, 0) is 13.6 Å². The Balaban J connectivity index is 1.64. The molecule has 2 aromatic rings. The van der Waals surface area contributed by atoms with Crippen LogP contribution in [0.25, 0.3) is 0 Å². The van der Waals surface area contributed by atoms with Gasteiger partial charge in [0.05, 0.1) is 5.69 Å². The van der Waals surface area contributed by atoms with E-state index in [1.54, 1.807) is 0 Å². The summed E-state index contributed by atoms with van der Waals surface area (Å²) in [5.74, 6) is 0.601. The highest BCUT2D eigenvalue weighted by Gasteiger charge is 2.25. The molecular formula is C13H19N5. The Bertz CT molecular complexity index is 513. The number of rotatable bonds is 3. The Labute approximate surface area is 107 Å². The lowest BCUT2D eigenvalue weighted by Gasteiger charge is -2.14. The first-order chi connectivity index (χ1) is 8.72. The molecule has 0 amide bonds. The topological polar surface area (TPSA) is 49.7 Å². The summed E-state index contributed by atoms with van der Waals surface area (Å²) in [5, 5.41) is 11.5. The quantitative estimate of drug-likeness (QED) is 0.890. The third kappa shape index (κ3) is 2.18. The molecule has 0 unspecified atom stereocenters. The van der Waals surface area contributed by atoms with Crippen LogP contribution in [0.15, 0.2) is 18.5 Å². The highest BCUT2D eigenvalue weighted by Crippen LogP contribution is 2.26. The Hall–Kier alpha value is -1.62. The van der Waals surface area contributed by atoms with E-state index in [1.807, 2.05) is 17.9 Å². The van der Waals surface area contributed by atoms with E-state index in [-0.39, 0.29) is 0 Å². The standard InChI is InChI=1S/C13H19N5/c1-10-12(7-17(2)16-10)9-18-6-4-11(8-18)13-3-5-14-15-13/h3,5,7,11H,4,6,8-9H2,1-2H3,(H,14,15)/t11-/m1/s1. The van der Waals surface area contributed by atoms with Crippen LogP contribution in [0.4, 0.5) is 0 Å². The van der Waals surface area contributed by atoms with Crippen LogP contribution < -0.4 is 0 Å². The van der Waals surface area contributed by atoms with Crippen molar-refractivity contribution in [1.29, 1.82) is 0 Å². The molecule has 96 valence electrons. The maximum Gasteiger partial charge on any atom is 0.0638 e. The van der Waals surface area contributed by atoms with Crippen molar-refractivity contribution >= 4 is 0 Å². The van der Waals surface area contributed by atoms with Gasteiger partial charge in [0.15, 0.2) is 0 Å². The van der Waals surface area contributed by atoms with E-state index in [2.05, 4.69) is 39.4 Å². The molecule has 0 saturated carbocycles. The van der Waals surface area contributed by atoms with Gasteiger partial charge in [-0.25, -0.2) is 0 Å². The monoisotopic (exact) mass is 245 g/mol. The average Bonchev–Trinajstić information content (AvgIpc) is 3.02. The van der Waals surface area contributed by atoms with Crippen molar-refractivity contribution in [3.63, 3.8) is 0 Å². The molecule has 0 aliphatic carbocycles. The van der Waals surface area contributed by atoms with Gasteiger partial charge in [-0.15, -0.1) is 0 Å². The number of hydrogen-bond donors (Lipinski definition) is 1. The average molecular weight is 245 g/mol. The van der Waals surface area contributed by atoms with Crippen molar-refractivity contribution < 1.29 is 0 Å². The number of hydrogen-bond acceptors (Lipinski definition) is 3. The van der Waals surface area contributed by atoms with Crippen molar-refractivity contribution in [2.75, 3.05) is 13.1 Å². The highest BCUT2D eigenvalue weighted by atomic mass is 15.3. The Morgan fingerprint density at radius 2 is 2.39 bits per heavy atom. The zero-order valence-electron chi connectivity index (χ0n) is 10.9. The lowest BCUT2D eigenvalue weighted by atomic mass is 10.1. The molecule has 1 saturated heterocycles. The minimum Gasteiger partial charge on any atom is -0.298 e. The van der Waals surface area contributed by atoms with Gasteiger partial charge in [-0.3, -0.25) is 14.7 Å². The fourth-order valence-electron chi connectivity index (χ4n) is 2.77. The van der Waals surface area contributed by atoms with Gasteiger partial charge in [-0.2, -0.15) is 10.2 Å². The minimum atomic E-state index is 0.601. The minimum absolute atomic E-state index is 0.601. The number of aromatic amines is 1. The summed E-state index contributed by atoms with van der Waals surface area (Å²) in [6.45, 7) is 5.34. The van der Waals surface area contributed by atoms with Crippen LogP contribution in [-0.4, -0.2) is 38.0 Å². The summed E-state index contributed by atoms with van der Waals surface area (Å²) in [6, 6.07) is 2.09.